The predicted octanol–water partition coefficient (Wildman–Crippen LogP) is 0.580. The van der Waals surface area contributed by atoms with Gasteiger partial charge in [0.1, 0.15) is 4.90 Å². The molecule has 1 heterocycles. The van der Waals surface area contributed by atoms with Crippen LogP contribution in [0.25, 0.3) is 0 Å². The topological polar surface area (TPSA) is 99.2 Å². The van der Waals surface area contributed by atoms with Crippen LogP contribution < -0.4 is 10.5 Å². The normalized spacial score (nSPS) is 11.9. The number of nitrogens with two attached hydrogens (primary N) is 1. The predicted molar refractivity (Wildman–Crippen MR) is 73.2 cm³/mol. The minimum absolute atomic E-state index is 0.0331. The number of hydrogen-bond acceptors (Lipinski definition) is 5. The Balaban J connectivity index is 2.61. The second-order valence-corrected chi connectivity index (χ2v) is 5.83. The quantitative estimate of drug-likeness (QED) is 0.648. The molecule has 19 heavy (non-hydrogen) atoms. The summed E-state index contributed by atoms with van der Waals surface area (Å²) in [6.45, 7) is 6.00. The van der Waals surface area contributed by atoms with Crippen molar-refractivity contribution in [2.45, 2.75) is 38.1 Å². The van der Waals surface area contributed by atoms with E-state index in [-0.39, 0.29) is 10.7 Å². The molecule has 0 radical (unpaired) electrons. The lowest BCUT2D eigenvalue weighted by Gasteiger charge is -2.05. The molecular weight excluding hydrogens is 268 g/mol. The minimum Gasteiger partial charge on any atom is -0.382 e. The summed E-state index contributed by atoms with van der Waals surface area (Å²) in [6.07, 6.45) is 2.95. The van der Waals surface area contributed by atoms with Crippen LogP contribution in [-0.4, -0.2) is 38.0 Å². The molecule has 0 aliphatic rings. The van der Waals surface area contributed by atoms with E-state index >= 15 is 0 Å². The van der Waals surface area contributed by atoms with Crippen molar-refractivity contribution in [3.8, 4) is 0 Å². The van der Waals surface area contributed by atoms with E-state index in [0.29, 0.717) is 32.7 Å². The Morgan fingerprint density at radius 3 is 2.84 bits per heavy atom. The second kappa shape index (κ2) is 7.46. The van der Waals surface area contributed by atoms with Gasteiger partial charge in [-0.25, -0.2) is 13.1 Å². The van der Waals surface area contributed by atoms with Gasteiger partial charge in [0.2, 0.25) is 10.0 Å². The fourth-order valence-corrected chi connectivity index (χ4v) is 2.72. The average Bonchev–Trinajstić information content (AvgIpc) is 2.71. The highest BCUT2D eigenvalue weighted by molar-refractivity contribution is 7.89. The molecule has 0 amide bonds. The van der Waals surface area contributed by atoms with Gasteiger partial charge >= 0.3 is 0 Å². The molecule has 0 saturated heterocycles. The van der Waals surface area contributed by atoms with Crippen LogP contribution in [0.5, 0.6) is 0 Å². The minimum atomic E-state index is -3.59. The van der Waals surface area contributed by atoms with Gasteiger partial charge in [-0.3, -0.25) is 4.68 Å². The van der Waals surface area contributed by atoms with Crippen LogP contribution in [0.1, 0.15) is 26.7 Å². The maximum atomic E-state index is 12.0. The zero-order chi connectivity index (χ0) is 14.3. The Bertz CT molecular complexity index is 484. The lowest BCUT2D eigenvalue weighted by molar-refractivity contribution is 0.146. The molecule has 8 heteroatoms. The maximum absolute atomic E-state index is 12.0. The SMILES string of the molecule is CCCn1cc(S(=O)(=O)NCCCOCC)c(N)n1. The molecule has 0 spiro atoms. The largest absolute Gasteiger partial charge is 0.382 e. The Hall–Kier alpha value is -1.12. The van der Waals surface area contributed by atoms with Gasteiger partial charge in [0, 0.05) is 32.5 Å². The number of nitrogens with zero attached hydrogens (tertiary/aromatic N) is 2. The van der Waals surface area contributed by atoms with E-state index in [1.165, 1.54) is 6.20 Å². The highest BCUT2D eigenvalue weighted by Crippen LogP contribution is 2.16. The summed E-state index contributed by atoms with van der Waals surface area (Å²) in [6, 6.07) is 0. The first-order valence-corrected chi connectivity index (χ1v) is 7.90. The highest BCUT2D eigenvalue weighted by Gasteiger charge is 2.20. The summed E-state index contributed by atoms with van der Waals surface area (Å²) in [5, 5.41) is 3.97. The van der Waals surface area contributed by atoms with Crippen molar-refractivity contribution >= 4 is 15.8 Å². The summed E-state index contributed by atoms with van der Waals surface area (Å²) >= 11 is 0. The van der Waals surface area contributed by atoms with Crippen LogP contribution in [0.4, 0.5) is 5.82 Å². The summed E-state index contributed by atoms with van der Waals surface area (Å²) < 4.78 is 33.2. The van der Waals surface area contributed by atoms with E-state index in [1.807, 2.05) is 13.8 Å². The fraction of sp³-hybridized carbons (Fsp3) is 0.727. The van der Waals surface area contributed by atoms with Crippen molar-refractivity contribution in [3.05, 3.63) is 6.20 Å². The van der Waals surface area contributed by atoms with Gasteiger partial charge in [-0.1, -0.05) is 6.92 Å². The molecule has 0 saturated carbocycles. The monoisotopic (exact) mass is 290 g/mol. The molecule has 0 aromatic carbocycles. The third-order valence-corrected chi connectivity index (χ3v) is 3.94. The summed E-state index contributed by atoms with van der Waals surface area (Å²) in [5.74, 6) is 0.0331. The van der Waals surface area contributed by atoms with Crippen LogP contribution in [0.2, 0.25) is 0 Å². The van der Waals surface area contributed by atoms with Gasteiger partial charge in [-0.05, 0) is 19.8 Å². The Kier molecular flexibility index (Phi) is 6.26. The van der Waals surface area contributed by atoms with E-state index < -0.39 is 10.0 Å². The molecule has 1 aromatic rings. The zero-order valence-corrected chi connectivity index (χ0v) is 12.2. The Morgan fingerprint density at radius 2 is 2.21 bits per heavy atom. The van der Waals surface area contributed by atoms with E-state index in [1.54, 1.807) is 4.68 Å². The standard InChI is InChI=1S/C11H22N4O3S/c1-3-7-15-9-10(11(12)14-15)19(16,17)13-6-5-8-18-4-2/h9,13H,3-8H2,1-2H3,(H2,12,14). The third-order valence-electron chi connectivity index (χ3n) is 2.46. The van der Waals surface area contributed by atoms with Gasteiger partial charge in [0.05, 0.1) is 0 Å². The molecule has 0 bridgehead atoms. The number of anilines is 1. The smallest absolute Gasteiger partial charge is 0.245 e. The zero-order valence-electron chi connectivity index (χ0n) is 11.4. The molecular formula is C11H22N4O3S. The van der Waals surface area contributed by atoms with Gasteiger partial charge in [0.15, 0.2) is 5.82 Å². The van der Waals surface area contributed by atoms with Crippen molar-refractivity contribution in [2.75, 3.05) is 25.5 Å². The average molecular weight is 290 g/mol. The number of sulfonamides is 1. The van der Waals surface area contributed by atoms with Crippen molar-refractivity contribution in [2.24, 2.45) is 0 Å². The van der Waals surface area contributed by atoms with Crippen LogP contribution >= 0.6 is 0 Å². The first-order chi connectivity index (χ1) is 9.01. The molecule has 0 unspecified atom stereocenters. The van der Waals surface area contributed by atoms with Gasteiger partial charge in [-0.15, -0.1) is 0 Å². The third kappa shape index (κ3) is 4.81. The van der Waals surface area contributed by atoms with Gasteiger partial charge < -0.3 is 10.5 Å². The summed E-state index contributed by atoms with van der Waals surface area (Å²) in [4.78, 5) is 0.0392. The molecule has 1 aromatic heterocycles. The van der Waals surface area contributed by atoms with E-state index in [9.17, 15) is 8.42 Å². The second-order valence-electron chi connectivity index (χ2n) is 4.09. The number of hydrogen-bond donors (Lipinski definition) is 2. The summed E-state index contributed by atoms with van der Waals surface area (Å²) in [5.41, 5.74) is 5.63. The van der Waals surface area contributed by atoms with E-state index in [0.717, 1.165) is 6.42 Å². The number of nitrogens with one attached hydrogen (secondary N) is 1. The van der Waals surface area contributed by atoms with E-state index in [2.05, 4.69) is 9.82 Å². The van der Waals surface area contributed by atoms with Crippen molar-refractivity contribution in [1.29, 1.82) is 0 Å². The molecule has 1 rings (SSSR count). The highest BCUT2D eigenvalue weighted by atomic mass is 32.2. The Morgan fingerprint density at radius 1 is 1.47 bits per heavy atom. The molecule has 0 atom stereocenters. The van der Waals surface area contributed by atoms with Gasteiger partial charge in [-0.2, -0.15) is 5.10 Å². The van der Waals surface area contributed by atoms with Crippen molar-refractivity contribution in [3.63, 3.8) is 0 Å². The molecule has 7 nitrogen and oxygen atoms in total. The maximum Gasteiger partial charge on any atom is 0.245 e. The van der Waals surface area contributed by atoms with Gasteiger partial charge in [0.25, 0.3) is 0 Å². The molecule has 3 N–H and O–H groups in total. The number of aryl methyl sites for hydroxylation is 1. The van der Waals surface area contributed by atoms with Crippen LogP contribution in [-0.2, 0) is 21.3 Å². The van der Waals surface area contributed by atoms with Crippen molar-refractivity contribution in [1.82, 2.24) is 14.5 Å². The summed E-state index contributed by atoms with van der Waals surface area (Å²) in [7, 11) is -3.59. The molecule has 0 fully saturated rings. The number of nitrogen functional groups attached to an aromatic ring is 1. The molecule has 0 aliphatic heterocycles. The molecule has 0 aliphatic carbocycles. The van der Waals surface area contributed by atoms with Crippen LogP contribution in [0.15, 0.2) is 11.1 Å². The molecule has 110 valence electrons. The van der Waals surface area contributed by atoms with Crippen LogP contribution in [0, 0.1) is 0 Å². The lowest BCUT2D eigenvalue weighted by Crippen LogP contribution is -2.26. The lowest BCUT2D eigenvalue weighted by atomic mass is 10.5. The fourth-order valence-electron chi connectivity index (χ4n) is 1.57. The number of ether oxygens (including phenoxy) is 1. The van der Waals surface area contributed by atoms with E-state index in [4.69, 9.17) is 10.5 Å². The van der Waals surface area contributed by atoms with Crippen molar-refractivity contribution < 1.29 is 13.2 Å². The number of rotatable bonds is 9. The first-order valence-electron chi connectivity index (χ1n) is 6.41. The number of aromatic nitrogens is 2. The Labute approximate surface area is 114 Å². The first kappa shape index (κ1) is 15.9. The van der Waals surface area contributed by atoms with Crippen LogP contribution in [0.3, 0.4) is 0 Å².